The van der Waals surface area contributed by atoms with Crippen molar-refractivity contribution in [3.8, 4) is 11.1 Å². The first kappa shape index (κ1) is 14.6. The topological polar surface area (TPSA) is 49.9 Å². The summed E-state index contributed by atoms with van der Waals surface area (Å²) in [5.74, 6) is -0.0441. The summed E-state index contributed by atoms with van der Waals surface area (Å²) in [6, 6.07) is 22.9. The zero-order valence-electron chi connectivity index (χ0n) is 12.7. The molecule has 3 nitrogen and oxygen atoms in total. The fourth-order valence-electron chi connectivity index (χ4n) is 2.70. The van der Waals surface area contributed by atoms with Gasteiger partial charge in [0.25, 0.3) is 0 Å². The van der Waals surface area contributed by atoms with Crippen LogP contribution in [0, 0.1) is 0 Å². The summed E-state index contributed by atoms with van der Waals surface area (Å²) in [5, 5.41) is 0. The molecule has 0 unspecified atom stereocenters. The summed E-state index contributed by atoms with van der Waals surface area (Å²) < 4.78 is 0.798. The third-order valence-corrected chi connectivity index (χ3v) is 4.78. The highest BCUT2D eigenvalue weighted by atomic mass is 32.1. The van der Waals surface area contributed by atoms with Crippen LogP contribution >= 0.6 is 11.3 Å². The van der Waals surface area contributed by atoms with Crippen molar-refractivity contribution in [3.63, 3.8) is 0 Å². The van der Waals surface area contributed by atoms with Gasteiger partial charge in [0.05, 0.1) is 10.2 Å². The summed E-state index contributed by atoms with van der Waals surface area (Å²) in [5.41, 5.74) is 4.18. The van der Waals surface area contributed by atoms with Crippen LogP contribution in [-0.2, 0) is 0 Å². The van der Waals surface area contributed by atoms with Gasteiger partial charge >= 0.3 is 4.87 Å². The Hall–Kier alpha value is -2.98. The van der Waals surface area contributed by atoms with Crippen molar-refractivity contribution in [1.82, 2.24) is 4.98 Å². The molecule has 1 N–H and O–H groups in total. The highest BCUT2D eigenvalue weighted by molar-refractivity contribution is 7.16. The lowest BCUT2D eigenvalue weighted by Gasteiger charge is -2.04. The first-order valence-corrected chi connectivity index (χ1v) is 8.35. The number of hydrogen-bond acceptors (Lipinski definition) is 3. The smallest absolute Gasteiger partial charge is 0.305 e. The van der Waals surface area contributed by atoms with E-state index in [0.717, 1.165) is 32.7 Å². The summed E-state index contributed by atoms with van der Waals surface area (Å²) in [7, 11) is 0. The molecule has 0 spiro atoms. The minimum Gasteiger partial charge on any atom is -0.312 e. The van der Waals surface area contributed by atoms with Gasteiger partial charge in [0, 0.05) is 11.1 Å². The molecule has 0 fully saturated rings. The number of rotatable bonds is 3. The van der Waals surface area contributed by atoms with Crippen molar-refractivity contribution in [2.45, 2.75) is 0 Å². The molecule has 4 rings (SSSR count). The van der Waals surface area contributed by atoms with Gasteiger partial charge < -0.3 is 4.98 Å². The number of ketones is 1. The number of aromatic amines is 1. The Morgan fingerprint density at radius 2 is 1.46 bits per heavy atom. The number of fused-ring (bicyclic) bond motifs is 1. The second-order valence-electron chi connectivity index (χ2n) is 5.50. The molecule has 0 saturated carbocycles. The average Bonchev–Trinajstić information content (AvgIpc) is 3.01. The molecule has 1 heterocycles. The molecular formula is C20H13NO2S. The van der Waals surface area contributed by atoms with Crippen LogP contribution in [0.15, 0.2) is 77.6 Å². The molecule has 0 atom stereocenters. The largest absolute Gasteiger partial charge is 0.312 e. The summed E-state index contributed by atoms with van der Waals surface area (Å²) >= 11 is 1.12. The minimum atomic E-state index is -0.109. The van der Waals surface area contributed by atoms with Crippen LogP contribution in [0.5, 0.6) is 0 Å². The van der Waals surface area contributed by atoms with Gasteiger partial charge in [-0.15, -0.1) is 0 Å². The van der Waals surface area contributed by atoms with E-state index in [-0.39, 0.29) is 10.7 Å². The molecule has 4 heteroatoms. The van der Waals surface area contributed by atoms with Crippen molar-refractivity contribution >= 4 is 27.3 Å². The Labute approximate surface area is 142 Å². The van der Waals surface area contributed by atoms with Gasteiger partial charge in [-0.25, -0.2) is 0 Å². The van der Waals surface area contributed by atoms with Gasteiger partial charge in [0.1, 0.15) is 0 Å². The Morgan fingerprint density at radius 3 is 2.21 bits per heavy atom. The molecule has 0 aliphatic carbocycles. The summed E-state index contributed by atoms with van der Waals surface area (Å²) in [6.07, 6.45) is 0. The van der Waals surface area contributed by atoms with Crippen LogP contribution in [-0.4, -0.2) is 10.8 Å². The van der Waals surface area contributed by atoms with Gasteiger partial charge in [-0.05, 0) is 29.3 Å². The molecule has 3 aromatic carbocycles. The molecule has 24 heavy (non-hydrogen) atoms. The zero-order valence-corrected chi connectivity index (χ0v) is 13.5. The van der Waals surface area contributed by atoms with Crippen LogP contribution in [0.4, 0.5) is 0 Å². The lowest BCUT2D eigenvalue weighted by Crippen LogP contribution is -2.00. The second kappa shape index (κ2) is 5.91. The molecular weight excluding hydrogens is 318 g/mol. The van der Waals surface area contributed by atoms with Gasteiger partial charge in [-0.1, -0.05) is 65.9 Å². The lowest BCUT2D eigenvalue weighted by atomic mass is 9.99. The Morgan fingerprint density at radius 1 is 0.792 bits per heavy atom. The lowest BCUT2D eigenvalue weighted by molar-refractivity contribution is 0.103. The van der Waals surface area contributed by atoms with Crippen molar-refractivity contribution in [1.29, 1.82) is 0 Å². The number of carbonyl (C=O) groups is 1. The maximum absolute atomic E-state index is 12.7. The monoisotopic (exact) mass is 331 g/mol. The van der Waals surface area contributed by atoms with Crippen molar-refractivity contribution < 1.29 is 4.79 Å². The molecule has 0 bridgehead atoms. The third kappa shape index (κ3) is 2.68. The van der Waals surface area contributed by atoms with Gasteiger partial charge in [-0.2, -0.15) is 0 Å². The number of nitrogens with one attached hydrogen (secondary N) is 1. The number of H-pyrrole nitrogens is 1. The van der Waals surface area contributed by atoms with Gasteiger partial charge in [-0.3, -0.25) is 9.59 Å². The van der Waals surface area contributed by atoms with E-state index in [9.17, 15) is 9.59 Å². The maximum atomic E-state index is 12.7. The summed E-state index contributed by atoms with van der Waals surface area (Å²) in [4.78, 5) is 26.7. The molecule has 0 aliphatic heterocycles. The molecule has 116 valence electrons. The number of benzene rings is 3. The molecule has 0 amide bonds. The highest BCUT2D eigenvalue weighted by Crippen LogP contribution is 2.22. The van der Waals surface area contributed by atoms with E-state index in [0.29, 0.717) is 11.1 Å². The number of hydrogen-bond donors (Lipinski definition) is 1. The van der Waals surface area contributed by atoms with Crippen LogP contribution in [0.1, 0.15) is 15.9 Å². The number of thiazole rings is 1. The Bertz CT molecular complexity index is 1080. The maximum Gasteiger partial charge on any atom is 0.305 e. The minimum absolute atomic E-state index is 0.0441. The van der Waals surface area contributed by atoms with E-state index in [1.165, 1.54) is 0 Å². The Balaban J connectivity index is 1.67. The van der Waals surface area contributed by atoms with E-state index in [1.54, 1.807) is 18.2 Å². The van der Waals surface area contributed by atoms with Crippen molar-refractivity contribution in [2.75, 3.05) is 0 Å². The Kier molecular flexibility index (Phi) is 3.59. The molecule has 0 saturated heterocycles. The van der Waals surface area contributed by atoms with Gasteiger partial charge in [0.15, 0.2) is 5.78 Å². The van der Waals surface area contributed by atoms with Crippen molar-refractivity contribution in [3.05, 3.63) is 93.6 Å². The zero-order chi connectivity index (χ0) is 16.5. The van der Waals surface area contributed by atoms with Crippen LogP contribution in [0.2, 0.25) is 0 Å². The normalized spacial score (nSPS) is 10.8. The molecule has 1 aromatic heterocycles. The number of carbonyl (C=O) groups excluding carboxylic acids is 1. The van der Waals surface area contributed by atoms with Crippen molar-refractivity contribution in [2.24, 2.45) is 0 Å². The standard InChI is InChI=1S/C20H13NO2S/c22-19(16-10-11-17-18(12-16)24-20(23)21-17)15-8-6-14(7-9-15)13-4-2-1-3-5-13/h1-12H,(H,21,23). The molecule has 0 aliphatic rings. The van der Waals surface area contributed by atoms with Gasteiger partial charge in [0.2, 0.25) is 0 Å². The van der Waals surface area contributed by atoms with E-state index in [4.69, 9.17) is 0 Å². The third-order valence-electron chi connectivity index (χ3n) is 3.94. The average molecular weight is 331 g/mol. The molecule has 0 radical (unpaired) electrons. The second-order valence-corrected chi connectivity index (χ2v) is 6.51. The van der Waals surface area contributed by atoms with Crippen LogP contribution in [0.25, 0.3) is 21.3 Å². The van der Waals surface area contributed by atoms with Crippen LogP contribution < -0.4 is 4.87 Å². The van der Waals surface area contributed by atoms with E-state index in [1.807, 2.05) is 54.6 Å². The fourth-order valence-corrected chi connectivity index (χ4v) is 3.47. The van der Waals surface area contributed by atoms with E-state index < -0.39 is 0 Å². The SMILES string of the molecule is O=C(c1ccc(-c2ccccc2)cc1)c1ccc2[nH]c(=O)sc2c1. The van der Waals surface area contributed by atoms with E-state index >= 15 is 0 Å². The first-order valence-electron chi connectivity index (χ1n) is 7.54. The highest BCUT2D eigenvalue weighted by Gasteiger charge is 2.11. The van der Waals surface area contributed by atoms with E-state index in [2.05, 4.69) is 4.98 Å². The summed E-state index contributed by atoms with van der Waals surface area (Å²) in [6.45, 7) is 0. The first-order chi connectivity index (χ1) is 11.7. The molecule has 4 aromatic rings. The van der Waals surface area contributed by atoms with Crippen LogP contribution in [0.3, 0.4) is 0 Å². The quantitative estimate of drug-likeness (QED) is 0.562. The predicted molar refractivity (Wildman–Crippen MR) is 97.8 cm³/mol. The predicted octanol–water partition coefficient (Wildman–Crippen LogP) is 4.49. The number of aromatic nitrogens is 1. The fraction of sp³-hybridized carbons (Fsp3) is 0.